The minimum atomic E-state index is -4.83. The Labute approximate surface area is 199 Å². The van der Waals surface area contributed by atoms with Crippen LogP contribution in [0.2, 0.25) is 0 Å². The Kier molecular flexibility index (Phi) is 7.54. The van der Waals surface area contributed by atoms with Crippen molar-refractivity contribution in [2.24, 2.45) is 0 Å². The summed E-state index contributed by atoms with van der Waals surface area (Å²) in [5, 5.41) is 16.9. The number of nitrogens with zero attached hydrogens (tertiary/aromatic N) is 4. The third-order valence-corrected chi connectivity index (χ3v) is 5.30. The summed E-state index contributed by atoms with van der Waals surface area (Å²) in [5.41, 5.74) is 5.20. The van der Waals surface area contributed by atoms with Crippen molar-refractivity contribution in [3.63, 3.8) is 0 Å². The fourth-order valence-corrected chi connectivity index (χ4v) is 3.66. The minimum absolute atomic E-state index is 0.0826. The standard InChI is InChI=1S/C12H8F3NO4.C9H10N4OS/c1-6-16-9(11(17)18)10(19-6)7-3-2-4-8(5-7)20-12(13,14)15;1-6(14)8-3-2-7(15-8)5-13-11-4-9(10)12-13/h2-5H,1H3,(H,17,18);2-4H,5H2,1H3,(H2,10,12). The van der Waals surface area contributed by atoms with Gasteiger partial charge in [0.25, 0.3) is 0 Å². The number of oxazole rings is 1. The molecule has 0 aliphatic heterocycles. The third kappa shape index (κ3) is 7.14. The lowest BCUT2D eigenvalue weighted by molar-refractivity contribution is -0.274. The summed E-state index contributed by atoms with van der Waals surface area (Å²) in [5.74, 6) is -1.35. The molecule has 14 heteroatoms. The zero-order chi connectivity index (χ0) is 25.8. The topological polar surface area (TPSA) is 146 Å². The number of Topliss-reactive ketones (excluding diaryl/α,β-unsaturated/α-hetero) is 1. The van der Waals surface area contributed by atoms with Crippen molar-refractivity contribution in [3.05, 3.63) is 63.9 Å². The van der Waals surface area contributed by atoms with E-state index in [2.05, 4.69) is 19.9 Å². The summed E-state index contributed by atoms with van der Waals surface area (Å²) in [6.07, 6.45) is -3.33. The number of rotatable bonds is 6. The number of hydrogen-bond donors (Lipinski definition) is 2. The molecule has 0 amide bonds. The van der Waals surface area contributed by atoms with Gasteiger partial charge in [-0.05, 0) is 31.2 Å². The number of carbonyl (C=O) groups excluding carboxylic acids is 1. The van der Waals surface area contributed by atoms with Gasteiger partial charge in [0.15, 0.2) is 28.9 Å². The van der Waals surface area contributed by atoms with Crippen LogP contribution in [0, 0.1) is 6.92 Å². The van der Waals surface area contributed by atoms with Crippen LogP contribution in [0.15, 0.2) is 47.0 Å². The SMILES string of the molecule is CC(=O)c1ccc(Cn2ncc(N)n2)s1.Cc1nc(C(=O)O)c(-c2cccc(OC(F)(F)F)c2)o1. The highest BCUT2D eigenvalue weighted by Crippen LogP contribution is 2.30. The maximum Gasteiger partial charge on any atom is 0.573 e. The van der Waals surface area contributed by atoms with Gasteiger partial charge >= 0.3 is 12.3 Å². The van der Waals surface area contributed by atoms with Crippen molar-refractivity contribution in [2.45, 2.75) is 26.8 Å². The van der Waals surface area contributed by atoms with Crippen molar-refractivity contribution in [1.82, 2.24) is 20.0 Å². The zero-order valence-corrected chi connectivity index (χ0v) is 19.1. The Morgan fingerprint density at radius 1 is 1.26 bits per heavy atom. The van der Waals surface area contributed by atoms with Crippen molar-refractivity contribution >= 4 is 28.9 Å². The van der Waals surface area contributed by atoms with E-state index in [-0.39, 0.29) is 28.7 Å². The van der Waals surface area contributed by atoms with Crippen molar-refractivity contribution in [2.75, 3.05) is 5.73 Å². The zero-order valence-electron chi connectivity index (χ0n) is 18.2. The molecule has 0 radical (unpaired) electrons. The Morgan fingerprint density at radius 2 is 2.00 bits per heavy atom. The minimum Gasteiger partial charge on any atom is -0.476 e. The number of aromatic nitrogens is 4. The molecule has 0 atom stereocenters. The summed E-state index contributed by atoms with van der Waals surface area (Å²) >= 11 is 1.45. The van der Waals surface area contributed by atoms with Gasteiger partial charge in [-0.15, -0.1) is 29.6 Å². The molecular formula is C21H18F3N5O5S. The van der Waals surface area contributed by atoms with E-state index in [4.69, 9.17) is 15.3 Å². The summed E-state index contributed by atoms with van der Waals surface area (Å²) in [6, 6.07) is 8.53. The number of anilines is 1. The number of nitrogens with two attached hydrogens (primary N) is 1. The van der Waals surface area contributed by atoms with Gasteiger partial charge in [-0.1, -0.05) is 12.1 Å². The van der Waals surface area contributed by atoms with Crippen LogP contribution in [-0.2, 0) is 6.54 Å². The molecule has 4 aromatic rings. The Morgan fingerprint density at radius 3 is 2.57 bits per heavy atom. The number of halogens is 3. The molecular weight excluding hydrogens is 491 g/mol. The highest BCUT2D eigenvalue weighted by atomic mass is 32.1. The number of thiophene rings is 1. The lowest BCUT2D eigenvalue weighted by Gasteiger charge is -2.09. The predicted molar refractivity (Wildman–Crippen MR) is 118 cm³/mol. The van der Waals surface area contributed by atoms with Gasteiger partial charge < -0.3 is 20.0 Å². The Hall–Kier alpha value is -4.20. The predicted octanol–water partition coefficient (Wildman–Crippen LogP) is 4.42. The number of hydrogen-bond acceptors (Lipinski definition) is 9. The molecule has 0 bridgehead atoms. The van der Waals surface area contributed by atoms with Gasteiger partial charge in [0, 0.05) is 17.4 Å². The van der Waals surface area contributed by atoms with Gasteiger partial charge in [0.1, 0.15) is 5.75 Å². The lowest BCUT2D eigenvalue weighted by atomic mass is 10.1. The second-order valence-corrected chi connectivity index (χ2v) is 8.08. The summed E-state index contributed by atoms with van der Waals surface area (Å²) < 4.78 is 45.3. The molecule has 0 spiro atoms. The Bertz CT molecular complexity index is 1350. The first-order valence-electron chi connectivity index (χ1n) is 9.73. The van der Waals surface area contributed by atoms with Crippen LogP contribution >= 0.6 is 11.3 Å². The lowest BCUT2D eigenvalue weighted by Crippen LogP contribution is -2.17. The molecule has 0 unspecified atom stereocenters. The van der Waals surface area contributed by atoms with Crippen LogP contribution in [0.4, 0.5) is 19.0 Å². The first-order valence-corrected chi connectivity index (χ1v) is 10.5. The number of nitrogen functional groups attached to an aromatic ring is 1. The van der Waals surface area contributed by atoms with Gasteiger partial charge in [0.2, 0.25) is 0 Å². The monoisotopic (exact) mass is 509 g/mol. The smallest absolute Gasteiger partial charge is 0.476 e. The number of carbonyl (C=O) groups is 2. The normalized spacial score (nSPS) is 11.0. The fourth-order valence-electron chi connectivity index (χ4n) is 2.78. The number of carboxylic acids is 1. The average molecular weight is 509 g/mol. The number of aryl methyl sites for hydroxylation is 1. The van der Waals surface area contributed by atoms with E-state index in [1.54, 1.807) is 6.92 Å². The van der Waals surface area contributed by atoms with Crippen molar-refractivity contribution in [1.29, 1.82) is 0 Å². The van der Waals surface area contributed by atoms with Gasteiger partial charge in [-0.25, -0.2) is 9.78 Å². The first kappa shape index (κ1) is 25.4. The second kappa shape index (κ2) is 10.4. The third-order valence-electron chi connectivity index (χ3n) is 4.13. The van der Waals surface area contributed by atoms with E-state index < -0.39 is 18.1 Å². The molecule has 3 aromatic heterocycles. The highest BCUT2D eigenvalue weighted by Gasteiger charge is 2.31. The van der Waals surface area contributed by atoms with Crippen LogP contribution < -0.4 is 10.5 Å². The molecule has 10 nitrogen and oxygen atoms in total. The largest absolute Gasteiger partial charge is 0.573 e. The number of aromatic carboxylic acids is 1. The number of benzene rings is 1. The summed E-state index contributed by atoms with van der Waals surface area (Å²) in [6.45, 7) is 3.54. The van der Waals surface area contributed by atoms with Crippen LogP contribution in [0.25, 0.3) is 11.3 Å². The van der Waals surface area contributed by atoms with E-state index in [1.165, 1.54) is 41.4 Å². The van der Waals surface area contributed by atoms with E-state index in [1.807, 2.05) is 12.1 Å². The number of alkyl halides is 3. The van der Waals surface area contributed by atoms with Crippen LogP contribution in [-0.4, -0.2) is 43.2 Å². The fraction of sp³-hybridized carbons (Fsp3) is 0.190. The molecule has 4 rings (SSSR count). The molecule has 0 fully saturated rings. The Balaban J connectivity index is 0.000000203. The van der Waals surface area contributed by atoms with Crippen molar-refractivity contribution < 1.29 is 37.0 Å². The maximum absolute atomic E-state index is 12.1. The first-order chi connectivity index (χ1) is 16.4. The molecule has 3 N–H and O–H groups in total. The number of ketones is 1. The number of ether oxygens (including phenoxy) is 1. The molecule has 0 aliphatic carbocycles. The molecule has 184 valence electrons. The summed E-state index contributed by atoms with van der Waals surface area (Å²) in [7, 11) is 0. The average Bonchev–Trinajstić information content (AvgIpc) is 3.48. The van der Waals surface area contributed by atoms with Crippen molar-refractivity contribution in [3.8, 4) is 17.1 Å². The van der Waals surface area contributed by atoms with E-state index in [0.717, 1.165) is 21.9 Å². The molecule has 0 saturated carbocycles. The second-order valence-electron chi connectivity index (χ2n) is 6.91. The maximum atomic E-state index is 12.1. The molecule has 0 aliphatic rings. The van der Waals surface area contributed by atoms with Gasteiger partial charge in [0.05, 0.1) is 17.6 Å². The molecule has 1 aromatic carbocycles. The van der Waals surface area contributed by atoms with E-state index in [9.17, 15) is 22.8 Å². The van der Waals surface area contributed by atoms with Crippen LogP contribution in [0.5, 0.6) is 5.75 Å². The van der Waals surface area contributed by atoms with E-state index in [0.29, 0.717) is 12.4 Å². The van der Waals surface area contributed by atoms with Crippen LogP contribution in [0.1, 0.15) is 37.9 Å². The quantitative estimate of drug-likeness (QED) is 0.361. The highest BCUT2D eigenvalue weighted by molar-refractivity contribution is 7.14. The number of carboxylic acid groups (broad SMARTS) is 1. The molecule has 35 heavy (non-hydrogen) atoms. The molecule has 3 heterocycles. The molecule has 0 saturated heterocycles. The van der Waals surface area contributed by atoms with E-state index >= 15 is 0 Å². The van der Waals surface area contributed by atoms with Crippen LogP contribution in [0.3, 0.4) is 0 Å². The van der Waals surface area contributed by atoms with Gasteiger partial charge in [-0.3, -0.25) is 4.79 Å². The summed E-state index contributed by atoms with van der Waals surface area (Å²) in [4.78, 5) is 29.0. The van der Waals surface area contributed by atoms with Gasteiger partial charge in [-0.2, -0.15) is 9.90 Å².